The molecule has 0 aliphatic carbocycles. The molecular weight excluding hydrogens is 322 g/mol. The Kier molecular flexibility index (Phi) is 4.67. The number of hydrogen-bond acceptors (Lipinski definition) is 4. The first-order valence-electron chi connectivity index (χ1n) is 7.34. The zero-order chi connectivity index (χ0) is 16.9. The number of nitrogens with zero attached hydrogens (tertiary/aromatic N) is 1. The number of fused-ring (bicyclic) bond motifs is 1. The van der Waals surface area contributed by atoms with Crippen molar-refractivity contribution >= 4 is 39.1 Å². The summed E-state index contributed by atoms with van der Waals surface area (Å²) in [5.41, 5.74) is 1.54. The Labute approximate surface area is 143 Å². The van der Waals surface area contributed by atoms with Crippen LogP contribution in [0, 0.1) is 0 Å². The van der Waals surface area contributed by atoms with Crippen LogP contribution in [0.4, 0.5) is 5.69 Å². The van der Waals surface area contributed by atoms with Crippen molar-refractivity contribution in [3.8, 4) is 0 Å². The second-order valence-corrected chi connectivity index (χ2v) is 5.86. The molecule has 0 saturated heterocycles. The minimum absolute atomic E-state index is 0.182. The van der Waals surface area contributed by atoms with Gasteiger partial charge in [0.25, 0.3) is 11.8 Å². The van der Waals surface area contributed by atoms with Crippen LogP contribution < -0.4 is 10.6 Å². The zero-order valence-corrected chi connectivity index (χ0v) is 13.6. The standard InChI is InChI=1S/C18H15N3O2S/c1-2-11-19-17(22)12-7-9-13(10-8-12)20-18(23)16-14-5-3-4-6-15(14)24-21-16/h2-10H,1,11H2,(H,19,22)(H,20,23). The van der Waals surface area contributed by atoms with Gasteiger partial charge in [0.1, 0.15) is 5.69 Å². The summed E-state index contributed by atoms with van der Waals surface area (Å²) in [6.45, 7) is 3.96. The van der Waals surface area contributed by atoms with Gasteiger partial charge in [0.05, 0.1) is 4.70 Å². The van der Waals surface area contributed by atoms with Crippen LogP contribution in [0.15, 0.2) is 61.2 Å². The summed E-state index contributed by atoms with van der Waals surface area (Å²) in [5, 5.41) is 6.34. The fraction of sp³-hybridized carbons (Fsp3) is 0.0556. The average Bonchev–Trinajstić information content (AvgIpc) is 3.04. The smallest absolute Gasteiger partial charge is 0.276 e. The van der Waals surface area contributed by atoms with Gasteiger partial charge in [-0.1, -0.05) is 24.3 Å². The predicted octanol–water partition coefficient (Wildman–Crippen LogP) is 3.46. The van der Waals surface area contributed by atoms with Crippen LogP contribution in [0.1, 0.15) is 20.8 Å². The minimum Gasteiger partial charge on any atom is -0.349 e. The Morgan fingerprint density at radius 1 is 1.08 bits per heavy atom. The Balaban J connectivity index is 1.73. The number of carbonyl (C=O) groups is 2. The molecule has 5 nitrogen and oxygen atoms in total. The Morgan fingerprint density at radius 3 is 2.58 bits per heavy atom. The zero-order valence-electron chi connectivity index (χ0n) is 12.8. The van der Waals surface area contributed by atoms with Crippen LogP contribution in [-0.2, 0) is 0 Å². The molecule has 0 radical (unpaired) electrons. The number of benzene rings is 2. The first-order chi connectivity index (χ1) is 11.7. The molecule has 0 aliphatic rings. The molecule has 6 heteroatoms. The van der Waals surface area contributed by atoms with Crippen molar-refractivity contribution in [3.63, 3.8) is 0 Å². The van der Waals surface area contributed by atoms with Gasteiger partial charge in [-0.3, -0.25) is 9.59 Å². The summed E-state index contributed by atoms with van der Waals surface area (Å²) in [6.07, 6.45) is 1.62. The Hall–Kier alpha value is -2.99. The molecule has 2 amide bonds. The number of hydrogen-bond donors (Lipinski definition) is 2. The SMILES string of the molecule is C=CCNC(=O)c1ccc(NC(=O)c2nsc3ccccc23)cc1. The van der Waals surface area contributed by atoms with E-state index in [2.05, 4.69) is 21.6 Å². The highest BCUT2D eigenvalue weighted by atomic mass is 32.1. The van der Waals surface area contributed by atoms with E-state index in [0.717, 1.165) is 10.1 Å². The summed E-state index contributed by atoms with van der Waals surface area (Å²) in [7, 11) is 0. The first-order valence-corrected chi connectivity index (χ1v) is 8.11. The highest BCUT2D eigenvalue weighted by molar-refractivity contribution is 7.13. The first kappa shape index (κ1) is 15.9. The average molecular weight is 337 g/mol. The van der Waals surface area contributed by atoms with Crippen molar-refractivity contribution in [2.75, 3.05) is 11.9 Å². The third-order valence-corrected chi connectivity index (χ3v) is 4.23. The lowest BCUT2D eigenvalue weighted by atomic mass is 10.2. The molecule has 0 spiro atoms. The quantitative estimate of drug-likeness (QED) is 0.700. The number of aromatic nitrogens is 1. The van der Waals surface area contributed by atoms with Gasteiger partial charge in [-0.25, -0.2) is 0 Å². The molecular formula is C18H15N3O2S. The van der Waals surface area contributed by atoms with E-state index in [-0.39, 0.29) is 11.8 Å². The van der Waals surface area contributed by atoms with Gasteiger partial charge in [-0.15, -0.1) is 6.58 Å². The second kappa shape index (κ2) is 7.06. The van der Waals surface area contributed by atoms with Crippen LogP contribution in [0.2, 0.25) is 0 Å². The molecule has 1 heterocycles. The van der Waals surface area contributed by atoms with Crippen LogP contribution in [0.5, 0.6) is 0 Å². The monoisotopic (exact) mass is 337 g/mol. The summed E-state index contributed by atoms with van der Waals surface area (Å²) in [5.74, 6) is -0.449. The van der Waals surface area contributed by atoms with Crippen molar-refractivity contribution in [2.24, 2.45) is 0 Å². The van der Waals surface area contributed by atoms with Crippen molar-refractivity contribution in [1.29, 1.82) is 0 Å². The molecule has 3 aromatic rings. The van der Waals surface area contributed by atoms with Crippen LogP contribution in [0.3, 0.4) is 0 Å². The molecule has 2 aromatic carbocycles. The largest absolute Gasteiger partial charge is 0.349 e. The van der Waals surface area contributed by atoms with Crippen molar-refractivity contribution in [2.45, 2.75) is 0 Å². The van der Waals surface area contributed by atoms with E-state index in [0.29, 0.717) is 23.5 Å². The maximum Gasteiger partial charge on any atom is 0.276 e. The van der Waals surface area contributed by atoms with Gasteiger partial charge < -0.3 is 10.6 Å². The second-order valence-electron chi connectivity index (χ2n) is 5.06. The molecule has 0 bridgehead atoms. The Morgan fingerprint density at radius 2 is 1.83 bits per heavy atom. The van der Waals surface area contributed by atoms with E-state index in [1.54, 1.807) is 30.3 Å². The van der Waals surface area contributed by atoms with Gasteiger partial charge in [0, 0.05) is 23.2 Å². The highest BCUT2D eigenvalue weighted by Crippen LogP contribution is 2.23. The van der Waals surface area contributed by atoms with E-state index in [1.165, 1.54) is 11.5 Å². The van der Waals surface area contributed by atoms with E-state index in [1.807, 2.05) is 24.3 Å². The van der Waals surface area contributed by atoms with Gasteiger partial charge in [0.2, 0.25) is 0 Å². The number of carbonyl (C=O) groups excluding carboxylic acids is 2. The van der Waals surface area contributed by atoms with Crippen LogP contribution >= 0.6 is 11.5 Å². The molecule has 2 N–H and O–H groups in total. The molecule has 0 atom stereocenters. The lowest BCUT2D eigenvalue weighted by Gasteiger charge is -2.06. The van der Waals surface area contributed by atoms with Crippen molar-refractivity contribution < 1.29 is 9.59 Å². The summed E-state index contributed by atoms with van der Waals surface area (Å²) >= 11 is 1.29. The lowest BCUT2D eigenvalue weighted by molar-refractivity contribution is 0.0957. The van der Waals surface area contributed by atoms with Crippen molar-refractivity contribution in [3.05, 3.63) is 72.4 Å². The molecule has 0 aliphatic heterocycles. The number of nitrogens with one attached hydrogen (secondary N) is 2. The number of rotatable bonds is 5. The predicted molar refractivity (Wildman–Crippen MR) is 96.5 cm³/mol. The minimum atomic E-state index is -0.267. The molecule has 0 unspecified atom stereocenters. The van der Waals surface area contributed by atoms with E-state index < -0.39 is 0 Å². The lowest BCUT2D eigenvalue weighted by Crippen LogP contribution is -2.23. The van der Waals surface area contributed by atoms with Gasteiger partial charge in [0.15, 0.2) is 0 Å². The van der Waals surface area contributed by atoms with Crippen LogP contribution in [0.25, 0.3) is 10.1 Å². The normalized spacial score (nSPS) is 10.3. The molecule has 0 saturated carbocycles. The number of amides is 2. The van der Waals surface area contributed by atoms with Crippen molar-refractivity contribution in [1.82, 2.24) is 9.69 Å². The Bertz CT molecular complexity index is 900. The van der Waals surface area contributed by atoms with Gasteiger partial charge in [-0.05, 0) is 41.9 Å². The molecule has 24 heavy (non-hydrogen) atoms. The molecule has 3 rings (SSSR count). The molecule has 120 valence electrons. The topological polar surface area (TPSA) is 71.1 Å². The summed E-state index contributed by atoms with van der Waals surface area (Å²) < 4.78 is 5.20. The van der Waals surface area contributed by atoms with E-state index in [4.69, 9.17) is 0 Å². The summed E-state index contributed by atoms with van der Waals surface area (Å²) in [4.78, 5) is 24.2. The molecule has 1 aromatic heterocycles. The third kappa shape index (κ3) is 3.33. The van der Waals surface area contributed by atoms with E-state index in [9.17, 15) is 9.59 Å². The maximum atomic E-state index is 12.4. The number of anilines is 1. The summed E-state index contributed by atoms with van der Waals surface area (Å²) in [6, 6.07) is 14.3. The van der Waals surface area contributed by atoms with Gasteiger partial charge >= 0.3 is 0 Å². The molecule has 0 fully saturated rings. The fourth-order valence-electron chi connectivity index (χ4n) is 2.21. The highest BCUT2D eigenvalue weighted by Gasteiger charge is 2.14. The third-order valence-electron chi connectivity index (χ3n) is 3.40. The van der Waals surface area contributed by atoms with Crippen LogP contribution in [-0.4, -0.2) is 22.7 Å². The van der Waals surface area contributed by atoms with Gasteiger partial charge in [-0.2, -0.15) is 4.37 Å². The maximum absolute atomic E-state index is 12.4. The van der Waals surface area contributed by atoms with E-state index >= 15 is 0 Å². The fourth-order valence-corrected chi connectivity index (χ4v) is 2.99.